The van der Waals surface area contributed by atoms with Crippen LogP contribution in [0.15, 0.2) is 117 Å². The summed E-state index contributed by atoms with van der Waals surface area (Å²) in [7, 11) is -13.4. The molecule has 0 unspecified atom stereocenters. The van der Waals surface area contributed by atoms with Crippen LogP contribution in [0.2, 0.25) is 0 Å². The second-order valence-corrected chi connectivity index (χ2v) is 14.3. The predicted octanol–water partition coefficient (Wildman–Crippen LogP) is 4.52. The number of hydrogen-bond donors (Lipinski definition) is 3. The predicted molar refractivity (Wildman–Crippen MR) is 148 cm³/mol. The standard InChI is InChI=1S/C27H21F3N2O8S3/c28-27(29,30)24-14-13-22(41(35,36)21-6-2-1-3-7-21)16-25(24)43(39,40)31-17-18-9-11-20(12-10-18)32-42(37,38)23-8-4-5-19(15-23)26(33)34/h1-16,31-32H,17H2,(H,33,34). The van der Waals surface area contributed by atoms with E-state index in [4.69, 9.17) is 5.11 Å². The van der Waals surface area contributed by atoms with E-state index in [-0.39, 0.29) is 26.6 Å². The Morgan fingerprint density at radius 2 is 1.33 bits per heavy atom. The highest BCUT2D eigenvalue weighted by molar-refractivity contribution is 7.92. The third-order valence-corrected chi connectivity index (χ3v) is 10.6. The lowest BCUT2D eigenvalue weighted by Crippen LogP contribution is -2.26. The third-order valence-electron chi connectivity index (χ3n) is 5.98. The second kappa shape index (κ2) is 11.8. The summed E-state index contributed by atoms with van der Waals surface area (Å²) < 4.78 is 123. The van der Waals surface area contributed by atoms with Crippen LogP contribution in [0.25, 0.3) is 0 Å². The van der Waals surface area contributed by atoms with Crippen LogP contribution in [0.5, 0.6) is 0 Å². The Balaban J connectivity index is 1.56. The Hall–Kier alpha value is -4.25. The summed E-state index contributed by atoms with van der Waals surface area (Å²) in [5, 5.41) is 9.08. The average molecular weight is 655 g/mol. The van der Waals surface area contributed by atoms with Crippen molar-refractivity contribution in [2.24, 2.45) is 0 Å². The number of rotatable bonds is 10. The maximum Gasteiger partial charge on any atom is 0.417 e. The van der Waals surface area contributed by atoms with Crippen molar-refractivity contribution in [3.8, 4) is 0 Å². The Bertz CT molecular complexity index is 2000. The SMILES string of the molecule is O=C(O)c1cccc(S(=O)(=O)Nc2ccc(CNS(=O)(=O)c3cc(S(=O)(=O)c4ccccc4)ccc3C(F)(F)F)cc2)c1. The number of carbonyl (C=O) groups is 1. The van der Waals surface area contributed by atoms with Gasteiger partial charge in [-0.25, -0.2) is 34.8 Å². The summed E-state index contributed by atoms with van der Waals surface area (Å²) in [4.78, 5) is 8.64. The van der Waals surface area contributed by atoms with Crippen molar-refractivity contribution in [2.75, 3.05) is 4.72 Å². The third kappa shape index (κ3) is 7.22. The molecule has 0 bridgehead atoms. The molecule has 0 heterocycles. The lowest BCUT2D eigenvalue weighted by Gasteiger charge is -2.16. The molecule has 0 saturated heterocycles. The van der Waals surface area contributed by atoms with Crippen molar-refractivity contribution in [1.82, 2.24) is 4.72 Å². The topological polar surface area (TPSA) is 164 Å². The fourth-order valence-corrected chi connectivity index (χ4v) is 7.57. The molecule has 4 aromatic carbocycles. The highest BCUT2D eigenvalue weighted by atomic mass is 32.2. The van der Waals surface area contributed by atoms with Gasteiger partial charge in [0.25, 0.3) is 10.0 Å². The van der Waals surface area contributed by atoms with Crippen molar-refractivity contribution in [2.45, 2.75) is 32.3 Å². The molecule has 4 rings (SSSR count). The normalized spacial score (nSPS) is 12.5. The smallest absolute Gasteiger partial charge is 0.417 e. The number of anilines is 1. The lowest BCUT2D eigenvalue weighted by atomic mass is 10.2. The van der Waals surface area contributed by atoms with Crippen LogP contribution >= 0.6 is 0 Å². The van der Waals surface area contributed by atoms with E-state index >= 15 is 0 Å². The fourth-order valence-electron chi connectivity index (χ4n) is 3.82. The van der Waals surface area contributed by atoms with Crippen LogP contribution in [0.1, 0.15) is 21.5 Å². The van der Waals surface area contributed by atoms with Crippen LogP contribution in [0, 0.1) is 0 Å². The van der Waals surface area contributed by atoms with Gasteiger partial charge in [0.2, 0.25) is 19.9 Å². The van der Waals surface area contributed by atoms with Crippen LogP contribution < -0.4 is 9.44 Å². The van der Waals surface area contributed by atoms with Gasteiger partial charge < -0.3 is 5.11 Å². The number of hydrogen-bond acceptors (Lipinski definition) is 7. The van der Waals surface area contributed by atoms with Crippen LogP contribution in [0.4, 0.5) is 18.9 Å². The van der Waals surface area contributed by atoms with Crippen molar-refractivity contribution in [3.63, 3.8) is 0 Å². The Labute approximate surface area is 244 Å². The molecule has 226 valence electrons. The van der Waals surface area contributed by atoms with E-state index in [1.165, 1.54) is 72.8 Å². The summed E-state index contributed by atoms with van der Waals surface area (Å²) in [5.74, 6) is -1.32. The summed E-state index contributed by atoms with van der Waals surface area (Å²) in [6, 6.07) is 18.0. The molecule has 0 aliphatic carbocycles. The van der Waals surface area contributed by atoms with Gasteiger partial charge in [-0.2, -0.15) is 13.2 Å². The van der Waals surface area contributed by atoms with Gasteiger partial charge in [0.1, 0.15) is 0 Å². The molecule has 0 aliphatic rings. The summed E-state index contributed by atoms with van der Waals surface area (Å²) in [5.41, 5.74) is -1.56. The van der Waals surface area contributed by atoms with E-state index in [1.54, 1.807) is 0 Å². The van der Waals surface area contributed by atoms with Crippen molar-refractivity contribution < 1.29 is 48.3 Å². The highest BCUT2D eigenvalue weighted by Crippen LogP contribution is 2.36. The van der Waals surface area contributed by atoms with Crippen LogP contribution in [-0.2, 0) is 42.6 Å². The molecule has 0 aromatic heterocycles. The fraction of sp³-hybridized carbons (Fsp3) is 0.0741. The molecular weight excluding hydrogens is 633 g/mol. The minimum absolute atomic E-state index is 0.0329. The van der Waals surface area contributed by atoms with Gasteiger partial charge in [-0.3, -0.25) is 4.72 Å². The van der Waals surface area contributed by atoms with E-state index < -0.39 is 63.9 Å². The molecule has 16 heteroatoms. The van der Waals surface area contributed by atoms with Crippen molar-refractivity contribution in [3.05, 3.63) is 114 Å². The molecule has 10 nitrogen and oxygen atoms in total. The minimum Gasteiger partial charge on any atom is -0.478 e. The molecule has 0 radical (unpaired) electrons. The van der Waals surface area contributed by atoms with Crippen LogP contribution in [-0.4, -0.2) is 36.3 Å². The number of benzene rings is 4. The molecule has 0 aliphatic heterocycles. The molecule has 4 aromatic rings. The van der Waals surface area contributed by atoms with Crippen molar-refractivity contribution in [1.29, 1.82) is 0 Å². The number of sulfone groups is 1. The molecule has 43 heavy (non-hydrogen) atoms. The first kappa shape index (κ1) is 31.7. The second-order valence-electron chi connectivity index (χ2n) is 8.93. The zero-order valence-electron chi connectivity index (χ0n) is 21.6. The van der Waals surface area contributed by atoms with Gasteiger partial charge in [-0.05, 0) is 66.2 Å². The molecule has 0 amide bonds. The quantitative estimate of drug-likeness (QED) is 0.225. The molecule has 0 spiro atoms. The van der Waals surface area contributed by atoms with Gasteiger partial charge in [-0.1, -0.05) is 36.4 Å². The first-order valence-electron chi connectivity index (χ1n) is 12.0. The largest absolute Gasteiger partial charge is 0.478 e. The van der Waals surface area contributed by atoms with E-state index in [0.717, 1.165) is 6.07 Å². The number of halogens is 3. The maximum absolute atomic E-state index is 13.7. The summed E-state index contributed by atoms with van der Waals surface area (Å²) in [6.07, 6.45) is -5.12. The Morgan fingerprint density at radius 1 is 0.698 bits per heavy atom. The molecule has 0 saturated carbocycles. The highest BCUT2D eigenvalue weighted by Gasteiger charge is 2.38. The number of alkyl halides is 3. The lowest BCUT2D eigenvalue weighted by molar-refractivity contribution is -0.139. The Kier molecular flexibility index (Phi) is 8.69. The summed E-state index contributed by atoms with van der Waals surface area (Å²) in [6.45, 7) is -0.525. The average Bonchev–Trinajstić information content (AvgIpc) is 2.96. The first-order chi connectivity index (χ1) is 20.0. The zero-order valence-corrected chi connectivity index (χ0v) is 24.1. The number of carboxylic acid groups (broad SMARTS) is 1. The van der Waals surface area contributed by atoms with Gasteiger partial charge in [0.05, 0.1) is 30.7 Å². The Morgan fingerprint density at radius 3 is 1.93 bits per heavy atom. The number of aromatic carboxylic acids is 1. The summed E-state index contributed by atoms with van der Waals surface area (Å²) >= 11 is 0. The van der Waals surface area contributed by atoms with Gasteiger partial charge in [0, 0.05) is 12.2 Å². The van der Waals surface area contributed by atoms with Crippen molar-refractivity contribution >= 4 is 41.5 Å². The van der Waals surface area contributed by atoms with E-state index in [9.17, 15) is 43.2 Å². The molecule has 0 fully saturated rings. The van der Waals surface area contributed by atoms with Gasteiger partial charge in [0.15, 0.2) is 0 Å². The van der Waals surface area contributed by atoms with E-state index in [0.29, 0.717) is 18.2 Å². The number of nitrogens with one attached hydrogen (secondary N) is 2. The van der Waals surface area contributed by atoms with Crippen LogP contribution in [0.3, 0.4) is 0 Å². The van der Waals surface area contributed by atoms with E-state index in [2.05, 4.69) is 4.72 Å². The van der Waals surface area contributed by atoms with Gasteiger partial charge >= 0.3 is 12.1 Å². The number of sulfonamides is 2. The zero-order chi connectivity index (χ0) is 31.6. The molecular formula is C27H21F3N2O8S3. The van der Waals surface area contributed by atoms with Gasteiger partial charge in [-0.15, -0.1) is 0 Å². The molecule has 3 N–H and O–H groups in total. The number of carboxylic acids is 1. The first-order valence-corrected chi connectivity index (χ1v) is 16.4. The monoisotopic (exact) mass is 654 g/mol. The minimum atomic E-state index is -5.12. The van der Waals surface area contributed by atoms with E-state index in [1.807, 2.05) is 4.72 Å². The molecule has 0 atom stereocenters. The maximum atomic E-state index is 13.7.